The summed E-state index contributed by atoms with van der Waals surface area (Å²) < 4.78 is 0. The monoisotopic (exact) mass is 224 g/mol. The van der Waals surface area contributed by atoms with Crippen LogP contribution < -0.4 is 10.6 Å². The van der Waals surface area contributed by atoms with Gasteiger partial charge in [0, 0.05) is 19.1 Å². The quantitative estimate of drug-likeness (QED) is 0.768. The lowest BCUT2D eigenvalue weighted by Gasteiger charge is -2.33. The predicted molar refractivity (Wildman–Crippen MR) is 65.2 cm³/mol. The van der Waals surface area contributed by atoms with Gasteiger partial charge in [0.2, 0.25) is 5.91 Å². The third-order valence-electron chi connectivity index (χ3n) is 4.15. The molecule has 2 atom stereocenters. The summed E-state index contributed by atoms with van der Waals surface area (Å²) in [6.45, 7) is 0. The van der Waals surface area contributed by atoms with Crippen molar-refractivity contribution < 1.29 is 4.79 Å². The van der Waals surface area contributed by atoms with Crippen LogP contribution in [0.3, 0.4) is 0 Å². The van der Waals surface area contributed by atoms with Gasteiger partial charge in [-0.2, -0.15) is 0 Å². The summed E-state index contributed by atoms with van der Waals surface area (Å²) in [4.78, 5) is 11.8. The van der Waals surface area contributed by atoms with E-state index in [0.29, 0.717) is 12.1 Å². The second-order valence-electron chi connectivity index (χ2n) is 5.26. The van der Waals surface area contributed by atoms with Gasteiger partial charge >= 0.3 is 0 Å². The predicted octanol–water partition coefficient (Wildman–Crippen LogP) is 1.82. The topological polar surface area (TPSA) is 41.1 Å². The van der Waals surface area contributed by atoms with E-state index in [1.165, 1.54) is 44.9 Å². The molecule has 2 N–H and O–H groups in total. The lowest BCUT2D eigenvalue weighted by molar-refractivity contribution is -0.126. The van der Waals surface area contributed by atoms with E-state index < -0.39 is 0 Å². The number of hydrogen-bond donors (Lipinski definition) is 2. The van der Waals surface area contributed by atoms with Crippen molar-refractivity contribution in [3.05, 3.63) is 0 Å². The summed E-state index contributed by atoms with van der Waals surface area (Å²) in [5, 5.41) is 6.53. The molecular weight excluding hydrogens is 200 g/mol. The maximum absolute atomic E-state index is 11.8. The zero-order chi connectivity index (χ0) is 11.4. The minimum atomic E-state index is 0.208. The Balaban J connectivity index is 1.90. The zero-order valence-electron chi connectivity index (χ0n) is 10.3. The number of rotatable bonds is 3. The van der Waals surface area contributed by atoms with E-state index in [1.54, 1.807) is 7.05 Å². The Morgan fingerprint density at radius 2 is 1.62 bits per heavy atom. The lowest BCUT2D eigenvalue weighted by atomic mass is 9.83. The molecule has 2 rings (SSSR count). The number of carbonyl (C=O) groups is 1. The van der Waals surface area contributed by atoms with Crippen LogP contribution in [0.4, 0.5) is 0 Å². The average Bonchev–Trinajstić information content (AvgIpc) is 2.82. The fourth-order valence-electron chi connectivity index (χ4n) is 3.22. The summed E-state index contributed by atoms with van der Waals surface area (Å²) in [6, 6.07) is 1.10. The first-order valence-corrected chi connectivity index (χ1v) is 6.79. The molecule has 2 unspecified atom stereocenters. The molecule has 2 aliphatic rings. The van der Waals surface area contributed by atoms with Gasteiger partial charge in [0.05, 0.1) is 5.92 Å². The van der Waals surface area contributed by atoms with Crippen LogP contribution in [0.1, 0.15) is 51.4 Å². The van der Waals surface area contributed by atoms with Gasteiger partial charge in [-0.05, 0) is 25.7 Å². The molecule has 0 bridgehead atoms. The molecule has 92 valence electrons. The molecule has 2 fully saturated rings. The molecule has 1 amide bonds. The second-order valence-corrected chi connectivity index (χ2v) is 5.26. The Morgan fingerprint density at radius 3 is 2.31 bits per heavy atom. The van der Waals surface area contributed by atoms with Gasteiger partial charge in [0.25, 0.3) is 0 Å². The lowest BCUT2D eigenvalue weighted by Crippen LogP contribution is -2.48. The number of carbonyl (C=O) groups excluding carboxylic acids is 1. The Kier molecular flexibility index (Phi) is 4.22. The van der Waals surface area contributed by atoms with E-state index in [4.69, 9.17) is 0 Å². The highest BCUT2D eigenvalue weighted by atomic mass is 16.1. The van der Waals surface area contributed by atoms with Gasteiger partial charge in [0.1, 0.15) is 0 Å². The van der Waals surface area contributed by atoms with Gasteiger partial charge in [-0.25, -0.2) is 0 Å². The van der Waals surface area contributed by atoms with Crippen molar-refractivity contribution in [2.24, 2.45) is 5.92 Å². The van der Waals surface area contributed by atoms with E-state index in [1.807, 2.05) is 0 Å². The smallest absolute Gasteiger partial charge is 0.224 e. The molecule has 0 aliphatic heterocycles. The molecule has 2 saturated carbocycles. The molecule has 0 aromatic carbocycles. The Morgan fingerprint density at radius 1 is 1.00 bits per heavy atom. The zero-order valence-corrected chi connectivity index (χ0v) is 10.3. The van der Waals surface area contributed by atoms with E-state index >= 15 is 0 Å². The molecule has 3 nitrogen and oxygen atoms in total. The third kappa shape index (κ3) is 2.76. The SMILES string of the molecule is CNC(=O)C1CCCCC1NC1CCCC1. The maximum Gasteiger partial charge on any atom is 0.224 e. The second kappa shape index (κ2) is 5.67. The van der Waals surface area contributed by atoms with Crippen molar-refractivity contribution in [1.29, 1.82) is 0 Å². The summed E-state index contributed by atoms with van der Waals surface area (Å²) in [5.74, 6) is 0.439. The van der Waals surface area contributed by atoms with Gasteiger partial charge in [0.15, 0.2) is 0 Å². The van der Waals surface area contributed by atoms with Crippen molar-refractivity contribution >= 4 is 5.91 Å². The Bertz CT molecular complexity index is 236. The van der Waals surface area contributed by atoms with Crippen molar-refractivity contribution in [3.63, 3.8) is 0 Å². The van der Waals surface area contributed by atoms with Crippen LogP contribution in [0.25, 0.3) is 0 Å². The summed E-state index contributed by atoms with van der Waals surface area (Å²) in [6.07, 6.45) is 10.0. The number of nitrogens with one attached hydrogen (secondary N) is 2. The molecule has 0 aromatic rings. The summed E-state index contributed by atoms with van der Waals surface area (Å²) in [7, 11) is 1.75. The van der Waals surface area contributed by atoms with Gasteiger partial charge in [-0.15, -0.1) is 0 Å². The standard InChI is InChI=1S/C13H24N2O/c1-14-13(16)11-8-4-5-9-12(11)15-10-6-2-3-7-10/h10-12,15H,2-9H2,1H3,(H,14,16). The molecule has 0 heterocycles. The van der Waals surface area contributed by atoms with E-state index in [-0.39, 0.29) is 11.8 Å². The summed E-state index contributed by atoms with van der Waals surface area (Å²) in [5.41, 5.74) is 0. The summed E-state index contributed by atoms with van der Waals surface area (Å²) >= 11 is 0. The highest BCUT2D eigenvalue weighted by Gasteiger charge is 2.32. The molecular formula is C13H24N2O. The molecule has 16 heavy (non-hydrogen) atoms. The van der Waals surface area contributed by atoms with E-state index in [2.05, 4.69) is 10.6 Å². The first-order valence-electron chi connectivity index (χ1n) is 6.79. The third-order valence-corrected chi connectivity index (χ3v) is 4.15. The first-order chi connectivity index (χ1) is 7.81. The number of hydrogen-bond acceptors (Lipinski definition) is 2. The highest BCUT2D eigenvalue weighted by molar-refractivity contribution is 5.79. The molecule has 0 aromatic heterocycles. The van der Waals surface area contributed by atoms with Gasteiger partial charge in [-0.1, -0.05) is 25.7 Å². The minimum Gasteiger partial charge on any atom is -0.359 e. The van der Waals surface area contributed by atoms with E-state index in [0.717, 1.165) is 6.42 Å². The normalized spacial score (nSPS) is 31.6. The minimum absolute atomic E-state index is 0.208. The maximum atomic E-state index is 11.8. The van der Waals surface area contributed by atoms with Crippen LogP contribution in [0.2, 0.25) is 0 Å². The molecule has 2 aliphatic carbocycles. The van der Waals surface area contributed by atoms with Crippen LogP contribution in [-0.2, 0) is 4.79 Å². The fourth-order valence-corrected chi connectivity index (χ4v) is 3.22. The van der Waals surface area contributed by atoms with Gasteiger partial charge in [-0.3, -0.25) is 4.79 Å². The average molecular weight is 224 g/mol. The van der Waals surface area contributed by atoms with Crippen LogP contribution in [0, 0.1) is 5.92 Å². The van der Waals surface area contributed by atoms with Crippen LogP contribution in [0.15, 0.2) is 0 Å². The van der Waals surface area contributed by atoms with Crippen molar-refractivity contribution in [1.82, 2.24) is 10.6 Å². The van der Waals surface area contributed by atoms with E-state index in [9.17, 15) is 4.79 Å². The highest BCUT2D eigenvalue weighted by Crippen LogP contribution is 2.27. The van der Waals surface area contributed by atoms with Crippen molar-refractivity contribution in [2.75, 3.05) is 7.05 Å². The van der Waals surface area contributed by atoms with Crippen LogP contribution in [-0.4, -0.2) is 25.0 Å². The van der Waals surface area contributed by atoms with Crippen molar-refractivity contribution in [3.8, 4) is 0 Å². The van der Waals surface area contributed by atoms with Crippen LogP contribution >= 0.6 is 0 Å². The Labute approximate surface area is 98.4 Å². The Hall–Kier alpha value is -0.570. The first kappa shape index (κ1) is 11.9. The molecule has 0 saturated heterocycles. The molecule has 3 heteroatoms. The fraction of sp³-hybridized carbons (Fsp3) is 0.923. The van der Waals surface area contributed by atoms with Crippen LogP contribution in [0.5, 0.6) is 0 Å². The van der Waals surface area contributed by atoms with Crippen molar-refractivity contribution in [2.45, 2.75) is 63.5 Å². The molecule has 0 radical (unpaired) electrons. The van der Waals surface area contributed by atoms with Gasteiger partial charge < -0.3 is 10.6 Å². The molecule has 0 spiro atoms. The number of amides is 1. The largest absolute Gasteiger partial charge is 0.359 e.